The quantitative estimate of drug-likeness (QED) is 0.794. The number of H-pyrrole nitrogens is 1. The Labute approximate surface area is 97.5 Å². The summed E-state index contributed by atoms with van der Waals surface area (Å²) < 4.78 is 0. The number of imidazole rings is 1. The molecule has 0 spiro atoms. The highest BCUT2D eigenvalue weighted by Crippen LogP contribution is 2.19. The van der Waals surface area contributed by atoms with Crippen LogP contribution in [0, 0.1) is 6.92 Å². The topological polar surface area (TPSA) is 83.1 Å². The molecule has 2 aromatic rings. The van der Waals surface area contributed by atoms with Gasteiger partial charge < -0.3 is 10.1 Å². The van der Waals surface area contributed by atoms with E-state index in [1.165, 1.54) is 0 Å². The lowest BCUT2D eigenvalue weighted by Crippen LogP contribution is -1.99. The Morgan fingerprint density at radius 2 is 2.12 bits per heavy atom. The molecule has 0 atom stereocenters. The minimum Gasteiger partial charge on any atom is -0.475 e. The van der Waals surface area contributed by atoms with E-state index in [4.69, 9.17) is 5.11 Å². The zero-order valence-corrected chi connectivity index (χ0v) is 9.57. The van der Waals surface area contributed by atoms with Crippen LogP contribution in [0.5, 0.6) is 0 Å². The van der Waals surface area contributed by atoms with Crippen LogP contribution in [0.3, 0.4) is 0 Å². The number of carboxylic acid groups (broad SMARTS) is 1. The Bertz CT molecular complexity index is 613. The number of aryl methyl sites for hydroxylation is 1. The summed E-state index contributed by atoms with van der Waals surface area (Å²) in [6.07, 6.45) is 0.419. The molecule has 17 heavy (non-hydrogen) atoms. The molecule has 0 amide bonds. The molecule has 1 aromatic carbocycles. The largest absolute Gasteiger partial charge is 0.475 e. The number of nitrogens with one attached hydrogen (secondary N) is 1. The van der Waals surface area contributed by atoms with E-state index in [0.717, 1.165) is 5.56 Å². The zero-order valence-electron chi connectivity index (χ0n) is 9.57. The number of hydrogen-bond acceptors (Lipinski definition) is 3. The van der Waals surface area contributed by atoms with Gasteiger partial charge in [0.15, 0.2) is 5.78 Å². The summed E-state index contributed by atoms with van der Waals surface area (Å²) in [5, 5.41) is 8.82. The van der Waals surface area contributed by atoms with Crippen molar-refractivity contribution in [2.24, 2.45) is 0 Å². The van der Waals surface area contributed by atoms with Crippen LogP contribution in [0.15, 0.2) is 12.1 Å². The number of aromatic nitrogens is 2. The van der Waals surface area contributed by atoms with Crippen molar-refractivity contribution >= 4 is 22.8 Å². The number of ketones is 1. The summed E-state index contributed by atoms with van der Waals surface area (Å²) >= 11 is 0. The van der Waals surface area contributed by atoms with E-state index in [2.05, 4.69) is 9.97 Å². The van der Waals surface area contributed by atoms with Crippen molar-refractivity contribution < 1.29 is 14.7 Å². The third-order valence-corrected chi connectivity index (χ3v) is 2.65. The second kappa shape index (κ2) is 4.01. The number of carbonyl (C=O) groups is 2. The molecule has 1 heterocycles. The maximum Gasteiger partial charge on any atom is 0.371 e. The van der Waals surface area contributed by atoms with Gasteiger partial charge in [0.2, 0.25) is 5.82 Å². The van der Waals surface area contributed by atoms with Crippen molar-refractivity contribution in [2.75, 3.05) is 0 Å². The Hall–Kier alpha value is -2.17. The Morgan fingerprint density at radius 1 is 1.41 bits per heavy atom. The number of fused-ring (bicyclic) bond motifs is 1. The van der Waals surface area contributed by atoms with Crippen molar-refractivity contribution in [3.05, 3.63) is 29.1 Å². The number of rotatable bonds is 3. The van der Waals surface area contributed by atoms with Gasteiger partial charge in [-0.25, -0.2) is 9.78 Å². The standard InChI is InChI=1S/C12H12N2O3/c1-3-10(15)7-5-9-8(4-6(7)2)13-11(14-9)12(16)17/h4-5H,3H2,1-2H3,(H,13,14)(H,16,17). The van der Waals surface area contributed by atoms with Crippen molar-refractivity contribution in [3.63, 3.8) is 0 Å². The van der Waals surface area contributed by atoms with Gasteiger partial charge in [-0.15, -0.1) is 0 Å². The predicted molar refractivity (Wildman–Crippen MR) is 62.4 cm³/mol. The van der Waals surface area contributed by atoms with Crippen molar-refractivity contribution in [1.82, 2.24) is 9.97 Å². The number of hydrogen-bond donors (Lipinski definition) is 2. The minimum atomic E-state index is -1.11. The number of Topliss-reactive ketones (excluding diaryl/α,β-unsaturated/α-hetero) is 1. The summed E-state index contributed by atoms with van der Waals surface area (Å²) in [5.74, 6) is -1.19. The Morgan fingerprint density at radius 3 is 2.71 bits per heavy atom. The first-order valence-corrected chi connectivity index (χ1v) is 5.29. The molecule has 0 radical (unpaired) electrons. The van der Waals surface area contributed by atoms with Crippen molar-refractivity contribution in [3.8, 4) is 0 Å². The Balaban J connectivity index is 2.63. The lowest BCUT2D eigenvalue weighted by molar-refractivity contribution is 0.0685. The Kier molecular flexibility index (Phi) is 2.67. The first kappa shape index (κ1) is 11.3. The molecule has 2 N–H and O–H groups in total. The van der Waals surface area contributed by atoms with E-state index in [1.54, 1.807) is 19.1 Å². The van der Waals surface area contributed by atoms with Gasteiger partial charge in [0.1, 0.15) is 0 Å². The molecular formula is C12H12N2O3. The first-order chi connectivity index (χ1) is 8.02. The van der Waals surface area contributed by atoms with Gasteiger partial charge in [-0.1, -0.05) is 6.92 Å². The molecular weight excluding hydrogens is 220 g/mol. The molecule has 0 saturated heterocycles. The number of aromatic amines is 1. The number of aromatic carboxylic acids is 1. The molecule has 88 valence electrons. The van der Waals surface area contributed by atoms with Crippen LogP contribution in [0.4, 0.5) is 0 Å². The molecule has 1 aromatic heterocycles. The van der Waals surface area contributed by atoms with E-state index in [-0.39, 0.29) is 11.6 Å². The summed E-state index contributed by atoms with van der Waals surface area (Å²) in [4.78, 5) is 29.1. The summed E-state index contributed by atoms with van der Waals surface area (Å²) in [7, 11) is 0. The highest BCUT2D eigenvalue weighted by molar-refractivity contribution is 6.00. The van der Waals surface area contributed by atoms with Gasteiger partial charge in [0, 0.05) is 12.0 Å². The van der Waals surface area contributed by atoms with Crippen LogP contribution in [0.2, 0.25) is 0 Å². The van der Waals surface area contributed by atoms with Gasteiger partial charge in [0.05, 0.1) is 11.0 Å². The van der Waals surface area contributed by atoms with Crippen LogP contribution in [0.1, 0.15) is 39.9 Å². The minimum absolute atomic E-state index is 0.0317. The van der Waals surface area contributed by atoms with Gasteiger partial charge in [-0.2, -0.15) is 0 Å². The second-order valence-electron chi connectivity index (χ2n) is 3.85. The van der Waals surface area contributed by atoms with E-state index in [9.17, 15) is 9.59 Å². The third kappa shape index (κ3) is 1.91. The first-order valence-electron chi connectivity index (χ1n) is 5.29. The summed E-state index contributed by atoms with van der Waals surface area (Å²) in [5.41, 5.74) is 2.56. The second-order valence-corrected chi connectivity index (χ2v) is 3.85. The number of carbonyl (C=O) groups excluding carboxylic acids is 1. The smallest absolute Gasteiger partial charge is 0.371 e. The molecule has 0 bridgehead atoms. The van der Waals surface area contributed by atoms with Crippen molar-refractivity contribution in [2.45, 2.75) is 20.3 Å². The molecule has 2 rings (SSSR count). The molecule has 0 unspecified atom stereocenters. The average Bonchev–Trinajstić information content (AvgIpc) is 2.69. The molecule has 5 nitrogen and oxygen atoms in total. The van der Waals surface area contributed by atoms with Gasteiger partial charge in [-0.05, 0) is 24.6 Å². The van der Waals surface area contributed by atoms with E-state index in [1.807, 2.05) is 6.92 Å². The lowest BCUT2D eigenvalue weighted by Gasteiger charge is -2.02. The van der Waals surface area contributed by atoms with Crippen LogP contribution in [-0.2, 0) is 0 Å². The fraction of sp³-hybridized carbons (Fsp3) is 0.250. The highest BCUT2D eigenvalue weighted by Gasteiger charge is 2.13. The van der Waals surface area contributed by atoms with Crippen LogP contribution < -0.4 is 0 Å². The fourth-order valence-electron chi connectivity index (χ4n) is 1.76. The van der Waals surface area contributed by atoms with E-state index in [0.29, 0.717) is 23.0 Å². The molecule has 0 saturated carbocycles. The zero-order chi connectivity index (χ0) is 12.6. The molecule has 0 aliphatic rings. The third-order valence-electron chi connectivity index (χ3n) is 2.65. The van der Waals surface area contributed by atoms with Crippen LogP contribution in [-0.4, -0.2) is 26.8 Å². The van der Waals surface area contributed by atoms with E-state index < -0.39 is 5.97 Å². The van der Waals surface area contributed by atoms with Gasteiger partial charge in [0.25, 0.3) is 0 Å². The SMILES string of the molecule is CCC(=O)c1cc2nc(C(=O)O)[nH]c2cc1C. The number of benzene rings is 1. The van der Waals surface area contributed by atoms with Crippen LogP contribution >= 0.6 is 0 Å². The molecule has 0 aliphatic carbocycles. The number of carboxylic acids is 1. The van der Waals surface area contributed by atoms with Gasteiger partial charge in [-0.3, -0.25) is 4.79 Å². The maximum atomic E-state index is 11.7. The fourth-order valence-corrected chi connectivity index (χ4v) is 1.76. The molecule has 5 heteroatoms. The normalized spacial score (nSPS) is 10.7. The summed E-state index contributed by atoms with van der Waals surface area (Å²) in [6, 6.07) is 3.39. The lowest BCUT2D eigenvalue weighted by atomic mass is 10.0. The van der Waals surface area contributed by atoms with Crippen LogP contribution in [0.25, 0.3) is 11.0 Å². The summed E-state index contributed by atoms with van der Waals surface area (Å²) in [6.45, 7) is 3.61. The molecule has 0 aliphatic heterocycles. The van der Waals surface area contributed by atoms with Gasteiger partial charge >= 0.3 is 5.97 Å². The van der Waals surface area contributed by atoms with Crippen molar-refractivity contribution in [1.29, 1.82) is 0 Å². The number of nitrogens with zero attached hydrogens (tertiary/aromatic N) is 1. The average molecular weight is 232 g/mol. The predicted octanol–water partition coefficient (Wildman–Crippen LogP) is 2.16. The molecule has 0 fully saturated rings. The highest BCUT2D eigenvalue weighted by atomic mass is 16.4. The van der Waals surface area contributed by atoms with E-state index >= 15 is 0 Å². The maximum absolute atomic E-state index is 11.7. The monoisotopic (exact) mass is 232 g/mol.